The van der Waals surface area contributed by atoms with Crippen LogP contribution >= 0.6 is 0 Å². The maximum atomic E-state index is 2.75. The smallest absolute Gasteiger partial charge is 0.00510 e. The molecule has 0 aromatic rings. The van der Waals surface area contributed by atoms with Gasteiger partial charge in [-0.2, -0.15) is 0 Å². The molecule has 182 valence electrons. The van der Waals surface area contributed by atoms with Gasteiger partial charge in [-0.25, -0.2) is 0 Å². The summed E-state index contributed by atoms with van der Waals surface area (Å²) in [7, 11) is 0. The lowest BCUT2D eigenvalue weighted by Crippen LogP contribution is -2.58. The van der Waals surface area contributed by atoms with Crippen LogP contribution in [0.5, 0.6) is 0 Å². The van der Waals surface area contributed by atoms with Gasteiger partial charge in [0.2, 0.25) is 0 Å². The van der Waals surface area contributed by atoms with Crippen molar-refractivity contribution >= 4 is 0 Å². The number of hydrogen-bond donors (Lipinski definition) is 0. The molecular formula is C32H54. The average Bonchev–Trinajstić information content (AvgIpc) is 3.11. The summed E-state index contributed by atoms with van der Waals surface area (Å²) in [6, 6.07) is 0. The topological polar surface area (TPSA) is 0 Å². The zero-order chi connectivity index (χ0) is 23.1. The molecule has 0 amide bonds. The van der Waals surface area contributed by atoms with Crippen molar-refractivity contribution in [1.82, 2.24) is 0 Å². The lowest BCUT2D eigenvalue weighted by molar-refractivity contribution is -0.134. The van der Waals surface area contributed by atoms with Gasteiger partial charge in [0.1, 0.15) is 0 Å². The van der Waals surface area contributed by atoms with Crippen molar-refractivity contribution in [2.45, 2.75) is 132 Å². The molecule has 0 saturated heterocycles. The first kappa shape index (κ1) is 24.6. The third-order valence-corrected chi connectivity index (χ3v) is 11.8. The van der Waals surface area contributed by atoms with Gasteiger partial charge in [0, 0.05) is 0 Å². The summed E-state index contributed by atoms with van der Waals surface area (Å²) in [4.78, 5) is 0. The molecule has 0 bridgehead atoms. The second-order valence-corrected chi connectivity index (χ2v) is 13.4. The van der Waals surface area contributed by atoms with Crippen molar-refractivity contribution in [2.75, 3.05) is 0 Å². The second-order valence-electron chi connectivity index (χ2n) is 13.4. The van der Waals surface area contributed by atoms with Crippen LogP contribution in [0.2, 0.25) is 0 Å². The minimum atomic E-state index is 0.456. The molecular weight excluding hydrogens is 384 g/mol. The van der Waals surface area contributed by atoms with Crippen LogP contribution in [0, 0.1) is 45.8 Å². The first-order valence-electron chi connectivity index (χ1n) is 14.6. The van der Waals surface area contributed by atoms with Crippen molar-refractivity contribution in [3.8, 4) is 0 Å². The Balaban J connectivity index is 1.58. The molecule has 4 rings (SSSR count). The Hall–Kier alpha value is -0.520. The number of rotatable bonds is 7. The van der Waals surface area contributed by atoms with Crippen LogP contribution in [0.15, 0.2) is 23.3 Å². The van der Waals surface area contributed by atoms with Gasteiger partial charge in [-0.1, -0.05) is 91.0 Å². The van der Waals surface area contributed by atoms with Crippen LogP contribution in [0.1, 0.15) is 132 Å². The van der Waals surface area contributed by atoms with Crippen LogP contribution in [0.4, 0.5) is 0 Å². The minimum absolute atomic E-state index is 0.456. The highest BCUT2D eigenvalue weighted by molar-refractivity contribution is 5.36. The third kappa shape index (κ3) is 3.79. The molecule has 0 aromatic carbocycles. The summed E-state index contributed by atoms with van der Waals surface area (Å²) in [5.41, 5.74) is 5.11. The second kappa shape index (κ2) is 9.26. The summed E-state index contributed by atoms with van der Waals surface area (Å²) in [5, 5.41) is 0. The summed E-state index contributed by atoms with van der Waals surface area (Å²) < 4.78 is 0. The molecule has 0 aliphatic heterocycles. The minimum Gasteiger partial charge on any atom is -0.0816 e. The van der Waals surface area contributed by atoms with Gasteiger partial charge in [-0.15, -0.1) is 0 Å². The van der Waals surface area contributed by atoms with Gasteiger partial charge in [0.25, 0.3) is 0 Å². The lowest BCUT2D eigenvalue weighted by Gasteiger charge is -2.66. The molecule has 3 fully saturated rings. The van der Waals surface area contributed by atoms with Crippen molar-refractivity contribution < 1.29 is 0 Å². The predicted octanol–water partition coefficient (Wildman–Crippen LogP) is 10.1. The Morgan fingerprint density at radius 3 is 2.41 bits per heavy atom. The maximum absolute atomic E-state index is 2.75. The molecule has 0 radical (unpaired) electrons. The molecule has 4 aliphatic rings. The molecule has 0 aromatic heterocycles. The Bertz CT molecular complexity index is 724. The van der Waals surface area contributed by atoms with Crippen molar-refractivity contribution in [3.63, 3.8) is 0 Å². The molecule has 0 nitrogen and oxygen atoms in total. The van der Waals surface area contributed by atoms with E-state index in [1.807, 2.05) is 5.57 Å². The molecule has 0 heteroatoms. The van der Waals surface area contributed by atoms with Gasteiger partial charge < -0.3 is 0 Å². The van der Waals surface area contributed by atoms with E-state index < -0.39 is 0 Å². The largest absolute Gasteiger partial charge is 0.0816 e. The molecule has 0 heterocycles. The fourth-order valence-electron chi connectivity index (χ4n) is 10.0. The fraction of sp³-hybridized carbons (Fsp3) is 0.875. The quantitative estimate of drug-likeness (QED) is 0.371. The molecule has 7 atom stereocenters. The lowest BCUT2D eigenvalue weighted by atomic mass is 9.38. The monoisotopic (exact) mass is 438 g/mol. The Morgan fingerprint density at radius 2 is 1.72 bits per heavy atom. The number of hydrogen-bond acceptors (Lipinski definition) is 0. The Kier molecular flexibility index (Phi) is 7.12. The summed E-state index contributed by atoms with van der Waals surface area (Å²) in [6.45, 7) is 17.7. The van der Waals surface area contributed by atoms with Gasteiger partial charge in [0.05, 0.1) is 0 Å². The highest BCUT2D eigenvalue weighted by Crippen LogP contribution is 2.73. The van der Waals surface area contributed by atoms with E-state index in [-0.39, 0.29) is 0 Å². The van der Waals surface area contributed by atoms with Gasteiger partial charge in [-0.05, 0) is 110 Å². The highest BCUT2D eigenvalue weighted by atomic mass is 14.7. The number of fused-ring (bicyclic) bond motifs is 5. The van der Waals surface area contributed by atoms with E-state index in [9.17, 15) is 0 Å². The zero-order valence-corrected chi connectivity index (χ0v) is 22.7. The van der Waals surface area contributed by atoms with E-state index in [0.29, 0.717) is 16.2 Å². The van der Waals surface area contributed by atoms with E-state index in [1.165, 1.54) is 83.5 Å². The average molecular weight is 439 g/mol. The Labute approximate surface area is 201 Å². The fourth-order valence-corrected chi connectivity index (χ4v) is 10.0. The van der Waals surface area contributed by atoms with Gasteiger partial charge in [0.15, 0.2) is 0 Å². The van der Waals surface area contributed by atoms with E-state index in [0.717, 1.165) is 29.6 Å². The highest BCUT2D eigenvalue weighted by Gasteiger charge is 2.65. The first-order chi connectivity index (χ1) is 15.2. The molecule has 32 heavy (non-hydrogen) atoms. The zero-order valence-electron chi connectivity index (χ0n) is 22.7. The molecule has 3 unspecified atom stereocenters. The molecule has 0 N–H and O–H groups in total. The van der Waals surface area contributed by atoms with E-state index in [2.05, 4.69) is 60.6 Å². The summed E-state index contributed by atoms with van der Waals surface area (Å²) >= 11 is 0. The van der Waals surface area contributed by atoms with Crippen molar-refractivity contribution in [2.24, 2.45) is 45.8 Å². The van der Waals surface area contributed by atoms with E-state index >= 15 is 0 Å². The Morgan fingerprint density at radius 1 is 0.938 bits per heavy atom. The third-order valence-electron chi connectivity index (χ3n) is 11.8. The summed E-state index contributed by atoms with van der Waals surface area (Å²) in [5.74, 6) is 4.72. The van der Waals surface area contributed by atoms with Crippen LogP contribution < -0.4 is 0 Å². The molecule has 4 aliphatic carbocycles. The number of allylic oxidation sites excluding steroid dienone is 4. The summed E-state index contributed by atoms with van der Waals surface area (Å²) in [6.07, 6.45) is 23.7. The first-order valence-corrected chi connectivity index (χ1v) is 14.6. The van der Waals surface area contributed by atoms with Crippen molar-refractivity contribution in [1.29, 1.82) is 0 Å². The van der Waals surface area contributed by atoms with Crippen LogP contribution in [0.3, 0.4) is 0 Å². The maximum Gasteiger partial charge on any atom is -0.00510 e. The normalized spacial score (nSPS) is 43.6. The standard InChI is InChI=1S/C32H54/c1-8-11-25-18-19-31(7)26(22-25)14-15-29-28-17-16-27(24(5)13-10-12-23(3)4)30(28,6)20-21-32(29,31)9-2/h11,22-24,27-29H,8-10,12-21H2,1-7H3/b25-11+/t24-,27-,28+,29?,30?,31?,32+/m1/s1. The molecule has 3 saturated carbocycles. The molecule has 0 spiro atoms. The van der Waals surface area contributed by atoms with Crippen LogP contribution in [-0.4, -0.2) is 0 Å². The van der Waals surface area contributed by atoms with E-state index in [1.54, 1.807) is 5.57 Å². The van der Waals surface area contributed by atoms with E-state index in [4.69, 9.17) is 0 Å². The van der Waals surface area contributed by atoms with Gasteiger partial charge >= 0.3 is 0 Å². The SMILES string of the molecule is CC/C=C1/C=C2CCC3[C@@H]4CC[C@H]([C@H](C)CCCC(C)C)C4(C)CC[C@]3(CC)C2(C)CC1. The van der Waals surface area contributed by atoms with Crippen LogP contribution in [-0.2, 0) is 0 Å². The predicted molar refractivity (Wildman–Crippen MR) is 141 cm³/mol. The van der Waals surface area contributed by atoms with Crippen LogP contribution in [0.25, 0.3) is 0 Å². The van der Waals surface area contributed by atoms with Crippen molar-refractivity contribution in [3.05, 3.63) is 23.3 Å². The van der Waals surface area contributed by atoms with Gasteiger partial charge in [-0.3, -0.25) is 0 Å².